The summed E-state index contributed by atoms with van der Waals surface area (Å²) in [6.07, 6.45) is -1.66. The molecule has 8 heteroatoms. The summed E-state index contributed by atoms with van der Waals surface area (Å²) in [5, 5.41) is 12.1. The van der Waals surface area contributed by atoms with Gasteiger partial charge in [0.05, 0.1) is 24.1 Å². The van der Waals surface area contributed by atoms with Crippen molar-refractivity contribution in [3.05, 3.63) is 59.7 Å². The van der Waals surface area contributed by atoms with Gasteiger partial charge in [-0.25, -0.2) is 9.59 Å². The monoisotopic (exact) mass is 480 g/mol. The number of nitrogens with one attached hydrogen (secondary N) is 1. The number of amides is 2. The molecule has 1 atom stereocenters. The van der Waals surface area contributed by atoms with Gasteiger partial charge in [0.15, 0.2) is 6.10 Å². The molecule has 1 aliphatic carbocycles. The van der Waals surface area contributed by atoms with Crippen molar-refractivity contribution in [1.29, 1.82) is 0 Å². The van der Waals surface area contributed by atoms with Crippen molar-refractivity contribution < 1.29 is 29.0 Å². The normalized spacial score (nSPS) is 17.9. The zero-order chi connectivity index (χ0) is 25.4. The summed E-state index contributed by atoms with van der Waals surface area (Å²) in [5.41, 5.74) is 2.54. The number of benzene rings is 2. The molecule has 1 heterocycles. The highest BCUT2D eigenvalue weighted by atomic mass is 16.5. The van der Waals surface area contributed by atoms with Gasteiger partial charge in [0, 0.05) is 12.5 Å². The van der Waals surface area contributed by atoms with Gasteiger partial charge in [-0.15, -0.1) is 0 Å². The average molecular weight is 481 g/mol. The van der Waals surface area contributed by atoms with Crippen molar-refractivity contribution >= 4 is 18.0 Å². The summed E-state index contributed by atoms with van der Waals surface area (Å²) < 4.78 is 10.9. The first-order valence-electron chi connectivity index (χ1n) is 11.8. The molecule has 1 saturated heterocycles. The zero-order valence-electron chi connectivity index (χ0n) is 20.5. The largest absolute Gasteiger partial charge is 0.479 e. The predicted octanol–water partition coefficient (Wildman–Crippen LogP) is 3.64. The van der Waals surface area contributed by atoms with Crippen molar-refractivity contribution in [3.63, 3.8) is 0 Å². The Morgan fingerprint density at radius 1 is 1.03 bits per heavy atom. The van der Waals surface area contributed by atoms with Gasteiger partial charge in [0.2, 0.25) is 5.91 Å². The van der Waals surface area contributed by atoms with Gasteiger partial charge in [0.25, 0.3) is 0 Å². The van der Waals surface area contributed by atoms with Gasteiger partial charge in [-0.1, -0.05) is 48.5 Å². The van der Waals surface area contributed by atoms with Crippen molar-refractivity contribution in [2.24, 2.45) is 5.41 Å². The standard InChI is InChI=1S/C27H32N2O6/c1-26(2,24(32)29-13-14-34-22(15-29)23(30)31)27(3,4)28-25(33)35-16-21-19-11-7-5-9-17(19)18-10-6-8-12-20(18)21/h5-12,21-22H,13-16H2,1-4H3,(H,28,33)(H,30,31). The summed E-state index contributed by atoms with van der Waals surface area (Å²) in [7, 11) is 0. The Morgan fingerprint density at radius 3 is 2.17 bits per heavy atom. The van der Waals surface area contributed by atoms with Crippen LogP contribution in [0.3, 0.4) is 0 Å². The fourth-order valence-corrected chi connectivity index (χ4v) is 4.69. The molecule has 2 aromatic rings. The lowest BCUT2D eigenvalue weighted by Gasteiger charge is -2.44. The van der Waals surface area contributed by atoms with E-state index >= 15 is 0 Å². The van der Waals surface area contributed by atoms with E-state index in [1.807, 2.05) is 24.3 Å². The molecule has 8 nitrogen and oxygen atoms in total. The number of carbonyl (C=O) groups excluding carboxylic acids is 2. The molecule has 2 aromatic carbocycles. The predicted molar refractivity (Wildman–Crippen MR) is 130 cm³/mol. The molecule has 186 valence electrons. The van der Waals surface area contributed by atoms with Crippen LogP contribution in [0.25, 0.3) is 11.1 Å². The number of hydrogen-bond donors (Lipinski definition) is 2. The molecule has 35 heavy (non-hydrogen) atoms. The minimum absolute atomic E-state index is 0.0291. The van der Waals surface area contributed by atoms with Gasteiger partial charge in [0.1, 0.15) is 6.61 Å². The van der Waals surface area contributed by atoms with Gasteiger partial charge < -0.3 is 24.8 Å². The second-order valence-electron chi connectivity index (χ2n) is 10.1. The Morgan fingerprint density at radius 2 is 1.60 bits per heavy atom. The van der Waals surface area contributed by atoms with Crippen LogP contribution in [0.2, 0.25) is 0 Å². The third-order valence-corrected chi connectivity index (χ3v) is 7.48. The number of aliphatic carboxylic acids is 1. The topological polar surface area (TPSA) is 105 Å². The number of hydrogen-bond acceptors (Lipinski definition) is 5. The number of nitrogens with zero attached hydrogens (tertiary/aromatic N) is 1. The van der Waals surface area contributed by atoms with Crippen LogP contribution < -0.4 is 5.32 Å². The molecule has 1 fully saturated rings. The first-order chi connectivity index (χ1) is 16.5. The van der Waals surface area contributed by atoms with Crippen LogP contribution >= 0.6 is 0 Å². The van der Waals surface area contributed by atoms with Crippen molar-refractivity contribution in [1.82, 2.24) is 10.2 Å². The maximum atomic E-state index is 13.3. The van der Waals surface area contributed by atoms with Gasteiger partial charge in [-0.2, -0.15) is 0 Å². The highest BCUT2D eigenvalue weighted by Crippen LogP contribution is 2.44. The minimum Gasteiger partial charge on any atom is -0.479 e. The maximum Gasteiger partial charge on any atom is 0.407 e. The molecule has 1 unspecified atom stereocenters. The fraction of sp³-hybridized carbons (Fsp3) is 0.444. The molecular formula is C27H32N2O6. The van der Waals surface area contributed by atoms with Crippen LogP contribution in [0.5, 0.6) is 0 Å². The number of carboxylic acids is 1. The Hall–Kier alpha value is -3.39. The van der Waals surface area contributed by atoms with Gasteiger partial charge in [-0.3, -0.25) is 4.79 Å². The molecule has 2 aliphatic rings. The third kappa shape index (κ3) is 4.62. The summed E-state index contributed by atoms with van der Waals surface area (Å²) in [6.45, 7) is 7.61. The van der Waals surface area contributed by atoms with Crippen molar-refractivity contribution in [3.8, 4) is 11.1 Å². The summed E-state index contributed by atoms with van der Waals surface area (Å²) in [4.78, 5) is 39.0. The molecular weight excluding hydrogens is 448 g/mol. The highest BCUT2D eigenvalue weighted by molar-refractivity contribution is 5.85. The van der Waals surface area contributed by atoms with E-state index in [1.54, 1.807) is 27.7 Å². The smallest absolute Gasteiger partial charge is 0.407 e. The number of fused-ring (bicyclic) bond motifs is 3. The number of morpholine rings is 1. The summed E-state index contributed by atoms with van der Waals surface area (Å²) >= 11 is 0. The molecule has 2 amide bonds. The maximum absolute atomic E-state index is 13.3. The van der Waals surface area contributed by atoms with Crippen LogP contribution in [0.4, 0.5) is 4.79 Å². The van der Waals surface area contributed by atoms with Crippen LogP contribution in [0, 0.1) is 5.41 Å². The van der Waals surface area contributed by atoms with E-state index in [9.17, 15) is 19.5 Å². The molecule has 0 saturated carbocycles. The first kappa shape index (κ1) is 24.7. The lowest BCUT2D eigenvalue weighted by atomic mass is 9.73. The van der Waals surface area contributed by atoms with E-state index in [0.717, 1.165) is 22.3 Å². The Balaban J connectivity index is 1.42. The second-order valence-corrected chi connectivity index (χ2v) is 10.1. The molecule has 0 aromatic heterocycles. The van der Waals surface area contributed by atoms with Crippen LogP contribution in [-0.2, 0) is 19.1 Å². The molecule has 0 spiro atoms. The van der Waals surface area contributed by atoms with E-state index < -0.39 is 29.1 Å². The molecule has 0 radical (unpaired) electrons. The number of carbonyl (C=O) groups is 3. The van der Waals surface area contributed by atoms with E-state index in [-0.39, 0.29) is 31.6 Å². The second kappa shape index (κ2) is 9.34. The van der Waals surface area contributed by atoms with E-state index in [0.29, 0.717) is 6.54 Å². The highest BCUT2D eigenvalue weighted by Gasteiger charge is 2.47. The number of ether oxygens (including phenoxy) is 2. The SMILES string of the molecule is CC(C)(NC(=O)OCC1c2ccccc2-c2ccccc21)C(C)(C)C(=O)N1CCOC(C(=O)O)C1. The summed E-state index contributed by atoms with van der Waals surface area (Å²) in [6, 6.07) is 16.2. The van der Waals surface area contributed by atoms with Crippen LogP contribution in [0.1, 0.15) is 44.7 Å². The first-order valence-corrected chi connectivity index (χ1v) is 11.8. The number of rotatable bonds is 6. The van der Waals surface area contributed by atoms with Crippen LogP contribution in [0.15, 0.2) is 48.5 Å². The van der Waals surface area contributed by atoms with Crippen molar-refractivity contribution in [2.45, 2.75) is 45.3 Å². The van der Waals surface area contributed by atoms with E-state index in [4.69, 9.17) is 9.47 Å². The Labute approximate surface area is 205 Å². The summed E-state index contributed by atoms with van der Waals surface area (Å²) in [5.74, 6) is -1.42. The number of alkyl carbamates (subject to hydrolysis) is 1. The lowest BCUT2D eigenvalue weighted by Crippen LogP contribution is -2.62. The fourth-order valence-electron chi connectivity index (χ4n) is 4.69. The molecule has 1 aliphatic heterocycles. The third-order valence-electron chi connectivity index (χ3n) is 7.48. The molecule has 2 N–H and O–H groups in total. The Kier molecular flexibility index (Phi) is 6.60. The zero-order valence-corrected chi connectivity index (χ0v) is 20.5. The van der Waals surface area contributed by atoms with Gasteiger partial charge in [-0.05, 0) is 49.9 Å². The lowest BCUT2D eigenvalue weighted by molar-refractivity contribution is -0.163. The Bertz CT molecular complexity index is 1100. The minimum atomic E-state index is -1.10. The molecule has 4 rings (SSSR count). The average Bonchev–Trinajstić information content (AvgIpc) is 3.15. The van der Waals surface area contributed by atoms with Crippen LogP contribution in [-0.4, -0.2) is 65.9 Å². The van der Waals surface area contributed by atoms with Crippen molar-refractivity contribution in [2.75, 3.05) is 26.3 Å². The van der Waals surface area contributed by atoms with E-state index in [1.165, 1.54) is 4.90 Å². The number of carboxylic acid groups (broad SMARTS) is 1. The van der Waals surface area contributed by atoms with E-state index in [2.05, 4.69) is 29.6 Å². The molecule has 0 bridgehead atoms. The quantitative estimate of drug-likeness (QED) is 0.654. The van der Waals surface area contributed by atoms with Gasteiger partial charge >= 0.3 is 12.1 Å².